The molecule has 0 aliphatic carbocycles. The van der Waals surface area contributed by atoms with Gasteiger partial charge >= 0.3 is 0 Å². The van der Waals surface area contributed by atoms with Crippen LogP contribution in [0, 0.1) is 13.8 Å². The molecule has 8 nitrogen and oxygen atoms in total. The zero-order valence-electron chi connectivity index (χ0n) is 18.1. The Morgan fingerprint density at radius 1 is 0.781 bits per heavy atom. The lowest BCUT2D eigenvalue weighted by molar-refractivity contribution is -0.0381. The van der Waals surface area contributed by atoms with Gasteiger partial charge in [-0.05, 0) is 38.1 Å². The van der Waals surface area contributed by atoms with E-state index in [9.17, 15) is 16.8 Å². The minimum absolute atomic E-state index is 0.0279. The molecule has 0 amide bonds. The second-order valence-electron chi connectivity index (χ2n) is 6.96. The minimum Gasteiger partial charge on any atom is -0.375 e. The molecule has 2 aromatic carbocycles. The molecule has 0 fully saturated rings. The van der Waals surface area contributed by atoms with E-state index in [1.165, 1.54) is 30.3 Å². The molecule has 1 unspecified atom stereocenters. The monoisotopic (exact) mass is 484 g/mol. The molecule has 2 rings (SSSR count). The first-order chi connectivity index (χ1) is 15.1. The molecule has 0 aromatic heterocycles. The molecule has 32 heavy (non-hydrogen) atoms. The molecule has 0 saturated carbocycles. The maximum Gasteiger partial charge on any atom is 0.297 e. The van der Waals surface area contributed by atoms with Crippen LogP contribution in [0.25, 0.3) is 0 Å². The second kappa shape index (κ2) is 12.2. The fourth-order valence-corrected chi connectivity index (χ4v) is 4.33. The third kappa shape index (κ3) is 8.45. The number of benzene rings is 2. The van der Waals surface area contributed by atoms with Crippen LogP contribution in [0.4, 0.5) is 0 Å². The Hall–Kier alpha value is -2.08. The van der Waals surface area contributed by atoms with Crippen LogP contribution in [-0.2, 0) is 38.1 Å². The quantitative estimate of drug-likeness (QED) is 0.229. The van der Waals surface area contributed by atoms with Crippen LogP contribution < -0.4 is 0 Å². The highest BCUT2D eigenvalue weighted by atomic mass is 32.2. The zero-order valence-corrected chi connectivity index (χ0v) is 19.7. The molecule has 0 saturated heterocycles. The maximum absolute atomic E-state index is 12.4. The molecule has 2 aromatic rings. The molecule has 10 heteroatoms. The molecule has 0 radical (unpaired) electrons. The molecule has 176 valence electrons. The van der Waals surface area contributed by atoms with E-state index in [1.807, 2.05) is 13.8 Å². The molecule has 0 heterocycles. The van der Waals surface area contributed by atoms with Crippen LogP contribution in [0.15, 0.2) is 71.0 Å². The summed E-state index contributed by atoms with van der Waals surface area (Å²) in [7, 11) is -7.90. The van der Waals surface area contributed by atoms with Crippen molar-refractivity contribution in [3.05, 3.63) is 72.3 Å². The van der Waals surface area contributed by atoms with Crippen molar-refractivity contribution < 1.29 is 34.7 Å². The summed E-state index contributed by atoms with van der Waals surface area (Å²) < 4.78 is 70.2. The topological polar surface area (TPSA) is 105 Å². The van der Waals surface area contributed by atoms with Crippen LogP contribution in [0.5, 0.6) is 0 Å². The molecule has 0 N–H and O–H groups in total. The molecule has 0 spiro atoms. The second-order valence-corrected chi connectivity index (χ2v) is 10.2. The van der Waals surface area contributed by atoms with Crippen molar-refractivity contribution in [3.8, 4) is 0 Å². The van der Waals surface area contributed by atoms with Crippen molar-refractivity contribution in [2.45, 2.75) is 29.7 Å². The summed E-state index contributed by atoms with van der Waals surface area (Å²) in [6, 6.07) is 12.5. The largest absolute Gasteiger partial charge is 0.375 e. The van der Waals surface area contributed by atoms with E-state index in [0.717, 1.165) is 11.1 Å². The summed E-state index contributed by atoms with van der Waals surface area (Å²) >= 11 is 0. The maximum atomic E-state index is 12.4. The van der Waals surface area contributed by atoms with Gasteiger partial charge in [0.25, 0.3) is 20.2 Å². The summed E-state index contributed by atoms with van der Waals surface area (Å²) in [5.41, 5.74) is 1.85. The van der Waals surface area contributed by atoms with Gasteiger partial charge in [0.2, 0.25) is 0 Å². The van der Waals surface area contributed by atoms with Crippen LogP contribution in [0.1, 0.15) is 11.1 Å². The first kappa shape index (κ1) is 26.2. The number of hydrogen-bond acceptors (Lipinski definition) is 8. The summed E-state index contributed by atoms with van der Waals surface area (Å²) in [5, 5.41) is 0. The van der Waals surface area contributed by atoms with E-state index >= 15 is 0 Å². The van der Waals surface area contributed by atoms with Crippen LogP contribution in [-0.4, -0.2) is 56.0 Å². The SMILES string of the molecule is C=CCOCC(COS(=O)(=O)c1ccc(C)cc1)OCCOS(=O)(=O)c1ccc(C)cc1. The summed E-state index contributed by atoms with van der Waals surface area (Å²) in [6.45, 7) is 6.84. The van der Waals surface area contributed by atoms with Crippen molar-refractivity contribution in [2.75, 3.05) is 33.0 Å². The normalized spacial score (nSPS) is 13.1. The summed E-state index contributed by atoms with van der Waals surface area (Å²) in [6.07, 6.45) is 0.777. The van der Waals surface area contributed by atoms with E-state index in [1.54, 1.807) is 24.3 Å². The van der Waals surface area contributed by atoms with Crippen molar-refractivity contribution >= 4 is 20.2 Å². The van der Waals surface area contributed by atoms with E-state index in [-0.39, 0.29) is 42.8 Å². The van der Waals surface area contributed by atoms with Crippen molar-refractivity contribution in [1.82, 2.24) is 0 Å². The third-order valence-electron chi connectivity index (χ3n) is 4.24. The Labute approximate surface area is 190 Å². The van der Waals surface area contributed by atoms with Gasteiger partial charge in [-0.1, -0.05) is 41.5 Å². The number of aryl methyl sites for hydroxylation is 2. The van der Waals surface area contributed by atoms with Gasteiger partial charge in [-0.3, -0.25) is 8.37 Å². The zero-order chi connectivity index (χ0) is 23.6. The van der Waals surface area contributed by atoms with Gasteiger partial charge in [0, 0.05) is 0 Å². The van der Waals surface area contributed by atoms with E-state index in [2.05, 4.69) is 6.58 Å². The fourth-order valence-electron chi connectivity index (χ4n) is 2.50. The third-order valence-corrected chi connectivity index (χ3v) is 6.87. The highest BCUT2D eigenvalue weighted by Crippen LogP contribution is 2.15. The first-order valence-electron chi connectivity index (χ1n) is 9.86. The van der Waals surface area contributed by atoms with Crippen molar-refractivity contribution in [2.24, 2.45) is 0 Å². The lowest BCUT2D eigenvalue weighted by atomic mass is 10.2. The molecule has 0 bridgehead atoms. The lowest BCUT2D eigenvalue weighted by Crippen LogP contribution is -2.29. The average molecular weight is 485 g/mol. The van der Waals surface area contributed by atoms with E-state index in [4.69, 9.17) is 17.8 Å². The van der Waals surface area contributed by atoms with Crippen LogP contribution in [0.2, 0.25) is 0 Å². The highest BCUT2D eigenvalue weighted by molar-refractivity contribution is 7.87. The minimum atomic E-state index is -3.98. The highest BCUT2D eigenvalue weighted by Gasteiger charge is 2.20. The van der Waals surface area contributed by atoms with Gasteiger partial charge in [0.15, 0.2) is 0 Å². The molecular formula is C22H28O8S2. The Morgan fingerprint density at radius 2 is 1.28 bits per heavy atom. The van der Waals surface area contributed by atoms with E-state index in [0.29, 0.717) is 0 Å². The lowest BCUT2D eigenvalue weighted by Gasteiger charge is -2.18. The molecule has 1 atom stereocenters. The summed E-state index contributed by atoms with van der Waals surface area (Å²) in [5.74, 6) is 0. The van der Waals surface area contributed by atoms with Crippen molar-refractivity contribution in [1.29, 1.82) is 0 Å². The molecule has 0 aliphatic rings. The van der Waals surface area contributed by atoms with Crippen LogP contribution in [0.3, 0.4) is 0 Å². The predicted octanol–water partition coefficient (Wildman–Crippen LogP) is 3.00. The fraction of sp³-hybridized carbons (Fsp3) is 0.364. The molecular weight excluding hydrogens is 456 g/mol. The van der Waals surface area contributed by atoms with Gasteiger partial charge in [0.05, 0.1) is 42.8 Å². The number of hydrogen-bond donors (Lipinski definition) is 0. The number of ether oxygens (including phenoxy) is 2. The van der Waals surface area contributed by atoms with E-state index < -0.39 is 26.3 Å². The predicted molar refractivity (Wildman–Crippen MR) is 119 cm³/mol. The Balaban J connectivity index is 1.90. The van der Waals surface area contributed by atoms with Gasteiger partial charge < -0.3 is 9.47 Å². The smallest absolute Gasteiger partial charge is 0.297 e. The van der Waals surface area contributed by atoms with Gasteiger partial charge in [-0.2, -0.15) is 16.8 Å². The average Bonchev–Trinajstić information content (AvgIpc) is 2.75. The Morgan fingerprint density at radius 3 is 1.78 bits per heavy atom. The Kier molecular flexibility index (Phi) is 10.0. The molecule has 0 aliphatic heterocycles. The summed E-state index contributed by atoms with van der Waals surface area (Å²) in [4.78, 5) is 0.0721. The first-order valence-corrected chi connectivity index (χ1v) is 12.7. The Bertz CT molecular complexity index is 1060. The number of rotatable bonds is 14. The van der Waals surface area contributed by atoms with Crippen molar-refractivity contribution in [3.63, 3.8) is 0 Å². The van der Waals surface area contributed by atoms with Gasteiger partial charge in [-0.25, -0.2) is 0 Å². The standard InChI is InChI=1S/C22H28O8S2/c1-4-13-27-16-20(17-30-32(25,26)22-11-7-19(3)8-12-22)28-14-15-29-31(23,24)21-9-5-18(2)6-10-21/h4-12,20H,1,13-17H2,2-3H3. The van der Waals surface area contributed by atoms with Gasteiger partial charge in [-0.15, -0.1) is 6.58 Å². The van der Waals surface area contributed by atoms with Gasteiger partial charge in [0.1, 0.15) is 6.10 Å². The van der Waals surface area contributed by atoms with Crippen LogP contribution >= 0.6 is 0 Å².